The van der Waals surface area contributed by atoms with Crippen LogP contribution in [0.15, 0.2) is 35.7 Å². The Morgan fingerprint density at radius 3 is 2.89 bits per heavy atom. The lowest BCUT2D eigenvalue weighted by molar-refractivity contribution is 0.813. The summed E-state index contributed by atoms with van der Waals surface area (Å²) in [6, 6.07) is 0. The van der Waals surface area contributed by atoms with Crippen molar-refractivity contribution in [2.75, 3.05) is 0 Å². The van der Waals surface area contributed by atoms with Crippen LogP contribution in [-0.2, 0) is 0 Å². The van der Waals surface area contributed by atoms with Gasteiger partial charge in [0.2, 0.25) is 5.97 Å². The van der Waals surface area contributed by atoms with Gasteiger partial charge >= 0.3 is 0 Å². The molecule has 0 rings (SSSR count). The molecule has 48 valence electrons. The normalized spacial score (nSPS) is 9.78. The first-order chi connectivity index (χ1) is 4.31. The smallest absolute Gasteiger partial charge is 0.212 e. The van der Waals surface area contributed by atoms with E-state index in [1.54, 1.807) is 13.0 Å². The van der Waals surface area contributed by atoms with Gasteiger partial charge in [0.05, 0.1) is 6.20 Å². The van der Waals surface area contributed by atoms with Crippen molar-refractivity contribution in [3.63, 3.8) is 0 Å². The average Bonchev–Trinajstić information content (AvgIpc) is 1.89. The standard InChI is InChI=1S/C7H8FN/c1-3-5-6-9-7(8)4-2/h3-4,6H,2H2,1H3. The van der Waals surface area contributed by atoms with Crippen molar-refractivity contribution in [1.29, 1.82) is 0 Å². The van der Waals surface area contributed by atoms with Crippen molar-refractivity contribution < 1.29 is 4.39 Å². The topological polar surface area (TPSA) is 12.4 Å². The van der Waals surface area contributed by atoms with E-state index in [1.807, 2.05) is 0 Å². The van der Waals surface area contributed by atoms with Crippen LogP contribution in [0, 0.1) is 0 Å². The van der Waals surface area contributed by atoms with Crippen LogP contribution in [0.3, 0.4) is 0 Å². The van der Waals surface area contributed by atoms with Crippen LogP contribution in [0.2, 0.25) is 0 Å². The summed E-state index contributed by atoms with van der Waals surface area (Å²) in [5.41, 5.74) is 2.59. The van der Waals surface area contributed by atoms with E-state index in [1.165, 1.54) is 6.20 Å². The molecule has 0 unspecified atom stereocenters. The molecule has 0 atom stereocenters. The largest absolute Gasteiger partial charge is 0.220 e. The number of nitrogens with zero attached hydrogens (tertiary/aromatic N) is 1. The minimum atomic E-state index is -0.593. The molecule has 0 spiro atoms. The first-order valence-electron chi connectivity index (χ1n) is 2.52. The van der Waals surface area contributed by atoms with Gasteiger partial charge in [-0.1, -0.05) is 6.58 Å². The van der Waals surface area contributed by atoms with Gasteiger partial charge in [-0.15, -0.1) is 5.73 Å². The number of halogens is 1. The van der Waals surface area contributed by atoms with Gasteiger partial charge in [0.25, 0.3) is 0 Å². The van der Waals surface area contributed by atoms with E-state index in [9.17, 15) is 4.39 Å². The zero-order valence-electron chi connectivity index (χ0n) is 5.26. The second kappa shape index (κ2) is 5.01. The zero-order valence-corrected chi connectivity index (χ0v) is 5.26. The number of allylic oxidation sites excluding steroid dienone is 2. The molecule has 0 bridgehead atoms. The monoisotopic (exact) mass is 125 g/mol. The second-order valence-electron chi connectivity index (χ2n) is 1.24. The lowest BCUT2D eigenvalue weighted by atomic mass is 10.6. The van der Waals surface area contributed by atoms with Gasteiger partial charge in [-0.3, -0.25) is 0 Å². The lowest BCUT2D eigenvalue weighted by Crippen LogP contribution is -1.74. The maximum atomic E-state index is 12.0. The molecule has 2 heteroatoms. The highest BCUT2D eigenvalue weighted by atomic mass is 19.1. The highest BCUT2D eigenvalue weighted by Gasteiger charge is 1.78. The summed E-state index contributed by atoms with van der Waals surface area (Å²) in [4.78, 5) is 3.30. The molecule has 0 aliphatic rings. The summed E-state index contributed by atoms with van der Waals surface area (Å²) in [6.45, 7) is 4.95. The number of hydrogen-bond donors (Lipinski definition) is 0. The van der Waals surface area contributed by atoms with Crippen LogP contribution >= 0.6 is 0 Å². The molecule has 0 aromatic rings. The van der Waals surface area contributed by atoms with Crippen LogP contribution in [-0.4, -0.2) is 5.97 Å². The van der Waals surface area contributed by atoms with Crippen molar-refractivity contribution in [3.05, 3.63) is 30.7 Å². The number of hydrogen-bond acceptors (Lipinski definition) is 1. The molecule has 0 amide bonds. The van der Waals surface area contributed by atoms with E-state index < -0.39 is 5.97 Å². The Labute approximate surface area is 53.9 Å². The minimum Gasteiger partial charge on any atom is -0.220 e. The molecule has 0 aromatic carbocycles. The van der Waals surface area contributed by atoms with E-state index in [4.69, 9.17) is 0 Å². The van der Waals surface area contributed by atoms with Gasteiger partial charge in [-0.25, -0.2) is 4.99 Å². The molecule has 0 N–H and O–H groups in total. The van der Waals surface area contributed by atoms with Crippen molar-refractivity contribution in [1.82, 2.24) is 0 Å². The molecule has 0 radical (unpaired) electrons. The second-order valence-corrected chi connectivity index (χ2v) is 1.24. The van der Waals surface area contributed by atoms with Gasteiger partial charge in [0.1, 0.15) is 0 Å². The highest BCUT2D eigenvalue weighted by molar-refractivity contribution is 5.86. The fourth-order valence-electron chi connectivity index (χ4n) is 0.226. The molecule has 0 saturated heterocycles. The van der Waals surface area contributed by atoms with E-state index in [0.29, 0.717) is 0 Å². The summed E-state index contributed by atoms with van der Waals surface area (Å²) in [6.07, 6.45) is 3.92. The average molecular weight is 125 g/mol. The molecular weight excluding hydrogens is 117 g/mol. The van der Waals surface area contributed by atoms with E-state index in [-0.39, 0.29) is 0 Å². The summed E-state index contributed by atoms with van der Waals surface area (Å²) < 4.78 is 12.0. The Morgan fingerprint density at radius 2 is 2.44 bits per heavy atom. The molecule has 9 heavy (non-hydrogen) atoms. The first kappa shape index (κ1) is 7.86. The maximum Gasteiger partial charge on any atom is 0.212 e. The van der Waals surface area contributed by atoms with Crippen LogP contribution in [0.1, 0.15) is 6.92 Å². The summed E-state index contributed by atoms with van der Waals surface area (Å²) in [5.74, 6) is -0.593. The Kier molecular flexibility index (Phi) is 4.37. The molecule has 0 heterocycles. The van der Waals surface area contributed by atoms with Crippen molar-refractivity contribution in [2.24, 2.45) is 4.99 Å². The van der Waals surface area contributed by atoms with Crippen molar-refractivity contribution >= 4 is 5.97 Å². The van der Waals surface area contributed by atoms with Crippen molar-refractivity contribution in [3.8, 4) is 0 Å². The third kappa shape index (κ3) is 4.72. The van der Waals surface area contributed by atoms with Crippen LogP contribution in [0.5, 0.6) is 0 Å². The van der Waals surface area contributed by atoms with Crippen LogP contribution in [0.25, 0.3) is 0 Å². The maximum absolute atomic E-state index is 12.0. The summed E-state index contributed by atoms with van der Waals surface area (Å²) >= 11 is 0. The lowest BCUT2D eigenvalue weighted by Gasteiger charge is -1.74. The minimum absolute atomic E-state index is 0.593. The fraction of sp³-hybridized carbons (Fsp3) is 0.143. The van der Waals surface area contributed by atoms with Crippen LogP contribution < -0.4 is 0 Å². The Balaban J connectivity index is 3.98. The predicted molar refractivity (Wildman–Crippen MR) is 37.1 cm³/mol. The Bertz CT molecular complexity index is 173. The quantitative estimate of drug-likeness (QED) is 0.396. The van der Waals surface area contributed by atoms with Gasteiger partial charge in [-0.05, 0) is 19.1 Å². The first-order valence-corrected chi connectivity index (χ1v) is 2.52. The van der Waals surface area contributed by atoms with E-state index in [0.717, 1.165) is 6.08 Å². The zero-order chi connectivity index (χ0) is 7.11. The molecule has 0 aliphatic carbocycles. The van der Waals surface area contributed by atoms with Crippen LogP contribution in [0.4, 0.5) is 4.39 Å². The SMILES string of the molecule is C=CC(F)=NC=C=CC. The van der Waals surface area contributed by atoms with Crippen molar-refractivity contribution in [2.45, 2.75) is 6.92 Å². The van der Waals surface area contributed by atoms with E-state index >= 15 is 0 Å². The molecule has 0 fully saturated rings. The number of aliphatic imine (C=N–C) groups is 1. The van der Waals surface area contributed by atoms with Gasteiger partial charge in [0, 0.05) is 0 Å². The molecule has 0 saturated carbocycles. The number of rotatable bonds is 2. The highest BCUT2D eigenvalue weighted by Crippen LogP contribution is 1.81. The molecule has 1 nitrogen and oxygen atoms in total. The van der Waals surface area contributed by atoms with E-state index in [2.05, 4.69) is 17.3 Å². The van der Waals surface area contributed by atoms with Gasteiger partial charge < -0.3 is 0 Å². The summed E-state index contributed by atoms with van der Waals surface area (Å²) in [7, 11) is 0. The third-order valence-corrected chi connectivity index (χ3v) is 0.598. The van der Waals surface area contributed by atoms with Gasteiger partial charge in [-0.2, -0.15) is 4.39 Å². The molecule has 0 aliphatic heterocycles. The molecular formula is C7H8FN. The Hall–Kier alpha value is -1.14. The van der Waals surface area contributed by atoms with Gasteiger partial charge in [0.15, 0.2) is 0 Å². The fourth-order valence-corrected chi connectivity index (χ4v) is 0.226. The summed E-state index contributed by atoms with van der Waals surface area (Å²) in [5, 5.41) is 0. The predicted octanol–water partition coefficient (Wildman–Crippen LogP) is 2.23. The Morgan fingerprint density at radius 1 is 1.78 bits per heavy atom. The third-order valence-electron chi connectivity index (χ3n) is 0.598. The molecule has 0 aromatic heterocycles.